The normalized spacial score (nSPS) is 11.4. The van der Waals surface area contributed by atoms with Crippen LogP contribution in [0.25, 0.3) is 0 Å². The molecule has 5 heteroatoms. The van der Waals surface area contributed by atoms with E-state index in [9.17, 15) is 4.79 Å². The second-order valence-corrected chi connectivity index (χ2v) is 6.08. The van der Waals surface area contributed by atoms with E-state index in [4.69, 9.17) is 28.9 Å². The van der Waals surface area contributed by atoms with Crippen molar-refractivity contribution in [1.82, 2.24) is 5.32 Å². The van der Waals surface area contributed by atoms with Gasteiger partial charge in [0.25, 0.3) is 0 Å². The first kappa shape index (κ1) is 16.3. The molecule has 0 saturated heterocycles. The molecule has 0 saturated carbocycles. The summed E-state index contributed by atoms with van der Waals surface area (Å²) in [6.45, 7) is 4.47. The summed E-state index contributed by atoms with van der Waals surface area (Å²) in [7, 11) is 0. The minimum absolute atomic E-state index is 0.0144. The highest BCUT2D eigenvalue weighted by Gasteiger charge is 2.21. The minimum Gasteiger partial charge on any atom is -0.351 e. The van der Waals surface area contributed by atoms with Crippen LogP contribution in [-0.4, -0.2) is 18.0 Å². The Morgan fingerprint density at radius 2 is 2.05 bits per heavy atom. The van der Waals surface area contributed by atoms with Crippen molar-refractivity contribution in [2.75, 3.05) is 6.54 Å². The molecular formula is C14H20Cl2N2O. The first-order chi connectivity index (χ1) is 8.84. The molecule has 0 aliphatic carbocycles. The van der Waals surface area contributed by atoms with Crippen LogP contribution in [0.5, 0.6) is 0 Å². The average molecular weight is 303 g/mol. The maximum Gasteiger partial charge on any atom is 0.220 e. The highest BCUT2D eigenvalue weighted by Crippen LogP contribution is 2.24. The molecule has 106 valence electrons. The second kappa shape index (κ2) is 7.13. The Hall–Kier alpha value is -0.770. The van der Waals surface area contributed by atoms with E-state index in [2.05, 4.69) is 5.32 Å². The van der Waals surface area contributed by atoms with Crippen LogP contribution >= 0.6 is 23.2 Å². The summed E-state index contributed by atoms with van der Waals surface area (Å²) in [6, 6.07) is 5.40. The molecule has 0 aromatic heterocycles. The molecule has 0 heterocycles. The zero-order valence-electron chi connectivity index (χ0n) is 11.3. The molecule has 1 aromatic rings. The molecule has 1 amide bonds. The molecule has 0 radical (unpaired) electrons. The predicted octanol–water partition coefficient (Wildman–Crippen LogP) is 3.17. The van der Waals surface area contributed by atoms with Crippen molar-refractivity contribution >= 4 is 29.1 Å². The molecule has 1 rings (SSSR count). The molecule has 0 aliphatic heterocycles. The lowest BCUT2D eigenvalue weighted by Gasteiger charge is -2.27. The number of halogens is 2. The van der Waals surface area contributed by atoms with E-state index < -0.39 is 0 Å². The van der Waals surface area contributed by atoms with Gasteiger partial charge >= 0.3 is 0 Å². The summed E-state index contributed by atoms with van der Waals surface area (Å²) >= 11 is 12.0. The zero-order valence-corrected chi connectivity index (χ0v) is 12.8. The van der Waals surface area contributed by atoms with Crippen molar-refractivity contribution in [3.05, 3.63) is 33.8 Å². The van der Waals surface area contributed by atoms with Crippen LogP contribution < -0.4 is 11.1 Å². The van der Waals surface area contributed by atoms with Crippen molar-refractivity contribution in [2.24, 2.45) is 5.73 Å². The van der Waals surface area contributed by atoms with Gasteiger partial charge in [-0.2, -0.15) is 0 Å². The summed E-state index contributed by atoms with van der Waals surface area (Å²) in [4.78, 5) is 11.7. The lowest BCUT2D eigenvalue weighted by molar-refractivity contribution is -0.122. The number of hydrogen-bond acceptors (Lipinski definition) is 2. The van der Waals surface area contributed by atoms with Gasteiger partial charge in [-0.3, -0.25) is 4.79 Å². The first-order valence-corrected chi connectivity index (χ1v) is 7.04. The molecular weight excluding hydrogens is 283 g/mol. The van der Waals surface area contributed by atoms with Crippen molar-refractivity contribution in [1.29, 1.82) is 0 Å². The number of carbonyl (C=O) groups is 1. The molecule has 0 bridgehead atoms. The van der Waals surface area contributed by atoms with Crippen molar-refractivity contribution in [3.63, 3.8) is 0 Å². The predicted molar refractivity (Wildman–Crippen MR) is 80.7 cm³/mol. The van der Waals surface area contributed by atoms with E-state index in [0.717, 1.165) is 5.56 Å². The summed E-state index contributed by atoms with van der Waals surface area (Å²) in [5.74, 6) is 0.0144. The Bertz CT molecular complexity index is 447. The van der Waals surface area contributed by atoms with Gasteiger partial charge in [-0.25, -0.2) is 0 Å². The highest BCUT2D eigenvalue weighted by atomic mass is 35.5. The number of benzene rings is 1. The van der Waals surface area contributed by atoms with Gasteiger partial charge in [0.1, 0.15) is 0 Å². The summed E-state index contributed by atoms with van der Waals surface area (Å²) in [5.41, 5.74) is 6.00. The number of rotatable bonds is 6. The Labute approximate surface area is 124 Å². The van der Waals surface area contributed by atoms with E-state index >= 15 is 0 Å². The number of nitrogens with one attached hydrogen (secondary N) is 1. The van der Waals surface area contributed by atoms with Crippen LogP contribution in [0.2, 0.25) is 10.0 Å². The monoisotopic (exact) mass is 302 g/mol. The molecule has 0 aliphatic rings. The van der Waals surface area contributed by atoms with E-state index in [0.29, 0.717) is 35.9 Å². The Morgan fingerprint density at radius 1 is 1.37 bits per heavy atom. The topological polar surface area (TPSA) is 55.1 Å². The Kier molecular flexibility index (Phi) is 6.11. The zero-order chi connectivity index (χ0) is 14.5. The number of nitrogens with two attached hydrogens (primary N) is 1. The van der Waals surface area contributed by atoms with E-state index in [1.165, 1.54) is 0 Å². The van der Waals surface area contributed by atoms with Gasteiger partial charge < -0.3 is 11.1 Å². The molecule has 3 nitrogen and oxygen atoms in total. The molecule has 0 fully saturated rings. The lowest BCUT2D eigenvalue weighted by atomic mass is 9.94. The van der Waals surface area contributed by atoms with E-state index in [-0.39, 0.29) is 11.4 Å². The summed E-state index contributed by atoms with van der Waals surface area (Å²) in [6.07, 6.45) is 1.80. The molecule has 19 heavy (non-hydrogen) atoms. The third kappa shape index (κ3) is 5.81. The standard InChI is InChI=1S/C14H20Cl2N2O/c1-14(2,18-13(19)4-3-7-17)9-10-5-6-11(15)8-12(10)16/h5-6,8H,3-4,7,9,17H2,1-2H3,(H,18,19). The van der Waals surface area contributed by atoms with Gasteiger partial charge in [0.15, 0.2) is 0 Å². The highest BCUT2D eigenvalue weighted by molar-refractivity contribution is 6.35. The van der Waals surface area contributed by atoms with Crippen LogP contribution in [0.15, 0.2) is 18.2 Å². The number of amides is 1. The second-order valence-electron chi connectivity index (χ2n) is 5.24. The fourth-order valence-corrected chi connectivity index (χ4v) is 2.36. The largest absolute Gasteiger partial charge is 0.351 e. The maximum atomic E-state index is 11.7. The van der Waals surface area contributed by atoms with E-state index in [1.54, 1.807) is 12.1 Å². The van der Waals surface area contributed by atoms with Crippen LogP contribution in [0.4, 0.5) is 0 Å². The minimum atomic E-state index is -0.358. The average Bonchev–Trinajstić information content (AvgIpc) is 2.29. The molecule has 3 N–H and O–H groups in total. The smallest absolute Gasteiger partial charge is 0.220 e. The molecule has 0 spiro atoms. The van der Waals surface area contributed by atoms with E-state index in [1.807, 2.05) is 19.9 Å². The van der Waals surface area contributed by atoms with Gasteiger partial charge in [-0.05, 0) is 50.9 Å². The summed E-state index contributed by atoms with van der Waals surface area (Å²) in [5, 5.41) is 4.23. The third-order valence-corrected chi connectivity index (χ3v) is 3.32. The maximum absolute atomic E-state index is 11.7. The molecule has 0 atom stereocenters. The SMILES string of the molecule is CC(C)(Cc1ccc(Cl)cc1Cl)NC(=O)CCCN. The Balaban J connectivity index is 2.65. The molecule has 1 aromatic carbocycles. The lowest BCUT2D eigenvalue weighted by Crippen LogP contribution is -2.45. The Morgan fingerprint density at radius 3 is 2.63 bits per heavy atom. The quantitative estimate of drug-likeness (QED) is 0.848. The fraction of sp³-hybridized carbons (Fsp3) is 0.500. The van der Waals surface area contributed by atoms with Crippen LogP contribution in [-0.2, 0) is 11.2 Å². The third-order valence-electron chi connectivity index (χ3n) is 2.73. The van der Waals surface area contributed by atoms with Gasteiger partial charge in [0.2, 0.25) is 5.91 Å². The van der Waals surface area contributed by atoms with Crippen molar-refractivity contribution in [3.8, 4) is 0 Å². The molecule has 0 unspecified atom stereocenters. The summed E-state index contributed by atoms with van der Waals surface area (Å²) < 4.78 is 0. The fourth-order valence-electron chi connectivity index (χ4n) is 1.89. The first-order valence-electron chi connectivity index (χ1n) is 6.29. The van der Waals surface area contributed by atoms with Gasteiger partial charge in [0, 0.05) is 22.0 Å². The van der Waals surface area contributed by atoms with Crippen molar-refractivity contribution in [2.45, 2.75) is 38.6 Å². The van der Waals surface area contributed by atoms with Gasteiger partial charge in [0.05, 0.1) is 0 Å². The van der Waals surface area contributed by atoms with Crippen LogP contribution in [0.1, 0.15) is 32.3 Å². The number of hydrogen-bond donors (Lipinski definition) is 2. The van der Waals surface area contributed by atoms with Gasteiger partial charge in [-0.1, -0.05) is 29.3 Å². The van der Waals surface area contributed by atoms with Crippen molar-refractivity contribution < 1.29 is 4.79 Å². The van der Waals surface area contributed by atoms with Crippen LogP contribution in [0, 0.1) is 0 Å². The van der Waals surface area contributed by atoms with Gasteiger partial charge in [-0.15, -0.1) is 0 Å². The number of carbonyl (C=O) groups excluding carboxylic acids is 1. The van der Waals surface area contributed by atoms with Crippen LogP contribution in [0.3, 0.4) is 0 Å².